The molecule has 2 aliphatic rings. The van der Waals surface area contributed by atoms with E-state index in [0.717, 1.165) is 38.5 Å². The first-order valence-corrected chi connectivity index (χ1v) is 13.9. The van der Waals surface area contributed by atoms with Gasteiger partial charge in [0.05, 0.1) is 11.3 Å². The normalized spacial score (nSPS) is 20.7. The van der Waals surface area contributed by atoms with Gasteiger partial charge in [-0.25, -0.2) is 9.97 Å². The highest BCUT2D eigenvalue weighted by atomic mass is 19.4. The van der Waals surface area contributed by atoms with Crippen molar-refractivity contribution in [1.82, 2.24) is 25.1 Å². The molecular weight excluding hydrogens is 521 g/mol. The van der Waals surface area contributed by atoms with Crippen LogP contribution >= 0.6 is 0 Å². The van der Waals surface area contributed by atoms with E-state index in [1.54, 1.807) is 24.3 Å². The molecule has 11 heteroatoms. The van der Waals surface area contributed by atoms with E-state index in [4.69, 9.17) is 0 Å². The Morgan fingerprint density at radius 1 is 1.00 bits per heavy atom. The Balaban J connectivity index is 1.50. The number of aromatic nitrogens is 2. The standard InChI is InChI=1S/C29H39F3N6O2/c1-28(2,3)26(40)35-23-8-6-5-7-20(23)17-24-22(29(30,31)32)18-33-27(36-24)34-21-11-9-19(10-12-21)25(39)38-15-13-37(4)14-16-38/h9-12,18,20,23H,5-8,13-17H2,1-4H3,(H,35,40)(H,33,34,36)/t20-,23-/m0/s1. The first-order valence-electron chi connectivity index (χ1n) is 13.9. The lowest BCUT2D eigenvalue weighted by Gasteiger charge is -2.34. The van der Waals surface area contributed by atoms with Gasteiger partial charge < -0.3 is 20.4 Å². The summed E-state index contributed by atoms with van der Waals surface area (Å²) in [5.41, 5.74) is -0.430. The molecule has 1 saturated carbocycles. The summed E-state index contributed by atoms with van der Waals surface area (Å²) < 4.78 is 41.7. The van der Waals surface area contributed by atoms with E-state index in [1.165, 1.54) is 0 Å². The van der Waals surface area contributed by atoms with Crippen LogP contribution in [0, 0.1) is 11.3 Å². The SMILES string of the molecule is CN1CCN(C(=O)c2ccc(Nc3ncc(C(F)(F)F)c(C[C@@H]4CCCC[C@@H]4NC(=O)C(C)(C)C)n3)cc2)CC1. The molecule has 2 heterocycles. The van der Waals surface area contributed by atoms with E-state index in [2.05, 4.69) is 25.5 Å². The van der Waals surface area contributed by atoms with E-state index in [-0.39, 0.29) is 41.8 Å². The van der Waals surface area contributed by atoms with Gasteiger partial charge in [0.1, 0.15) is 0 Å². The Morgan fingerprint density at radius 3 is 2.27 bits per heavy atom. The monoisotopic (exact) mass is 560 g/mol. The summed E-state index contributed by atoms with van der Waals surface area (Å²) in [7, 11) is 2.02. The third-order valence-electron chi connectivity index (χ3n) is 7.71. The molecule has 2 aromatic rings. The number of carbonyl (C=O) groups excluding carboxylic acids is 2. The summed E-state index contributed by atoms with van der Waals surface area (Å²) in [6.45, 7) is 8.43. The quantitative estimate of drug-likeness (QED) is 0.523. The number of anilines is 2. The first-order chi connectivity index (χ1) is 18.8. The fourth-order valence-corrected chi connectivity index (χ4v) is 5.16. The minimum atomic E-state index is -4.60. The number of benzene rings is 1. The second kappa shape index (κ2) is 12.1. The molecule has 1 aromatic heterocycles. The maximum atomic E-state index is 13.9. The first kappa shape index (κ1) is 29.8. The molecule has 2 fully saturated rings. The Kier molecular flexibility index (Phi) is 9.02. The average Bonchev–Trinajstić information content (AvgIpc) is 2.89. The smallest absolute Gasteiger partial charge is 0.353 e. The minimum Gasteiger partial charge on any atom is -0.353 e. The molecule has 1 aliphatic heterocycles. The summed E-state index contributed by atoms with van der Waals surface area (Å²) >= 11 is 0. The van der Waals surface area contributed by atoms with Crippen molar-refractivity contribution in [2.24, 2.45) is 11.3 Å². The molecule has 1 saturated heterocycles. The maximum absolute atomic E-state index is 13.9. The number of halogens is 3. The summed E-state index contributed by atoms with van der Waals surface area (Å²) in [6.07, 6.45) is -0.449. The van der Waals surface area contributed by atoms with Gasteiger partial charge in [0, 0.05) is 55.1 Å². The van der Waals surface area contributed by atoms with Crippen LogP contribution < -0.4 is 10.6 Å². The van der Waals surface area contributed by atoms with Crippen molar-refractivity contribution in [1.29, 1.82) is 0 Å². The zero-order chi connectivity index (χ0) is 29.1. The van der Waals surface area contributed by atoms with Crippen molar-refractivity contribution in [2.45, 2.75) is 65.1 Å². The number of nitrogens with one attached hydrogen (secondary N) is 2. The molecule has 2 N–H and O–H groups in total. The van der Waals surface area contributed by atoms with Crippen LogP contribution in [0.3, 0.4) is 0 Å². The van der Waals surface area contributed by atoms with Crippen LogP contribution in [-0.2, 0) is 17.4 Å². The number of likely N-dealkylation sites (N-methyl/N-ethyl adjacent to an activating group) is 1. The van der Waals surface area contributed by atoms with Gasteiger partial charge in [-0.1, -0.05) is 33.6 Å². The zero-order valence-electron chi connectivity index (χ0n) is 23.6. The van der Waals surface area contributed by atoms with E-state index in [0.29, 0.717) is 30.8 Å². The van der Waals surface area contributed by atoms with Gasteiger partial charge in [-0.15, -0.1) is 0 Å². The van der Waals surface area contributed by atoms with Crippen molar-refractivity contribution in [3.63, 3.8) is 0 Å². The molecule has 0 spiro atoms. The number of rotatable bonds is 6. The van der Waals surface area contributed by atoms with E-state index in [9.17, 15) is 22.8 Å². The van der Waals surface area contributed by atoms with E-state index in [1.807, 2.05) is 32.7 Å². The van der Waals surface area contributed by atoms with Crippen LogP contribution in [0.4, 0.5) is 24.8 Å². The minimum absolute atomic E-state index is 0.0479. The lowest BCUT2D eigenvalue weighted by molar-refractivity contribution is -0.139. The van der Waals surface area contributed by atoms with Crippen molar-refractivity contribution in [3.8, 4) is 0 Å². The fourth-order valence-electron chi connectivity index (χ4n) is 5.16. The molecular formula is C29H39F3N6O2. The molecule has 1 aromatic carbocycles. The van der Waals surface area contributed by atoms with Crippen molar-refractivity contribution in [3.05, 3.63) is 47.3 Å². The molecule has 1 aliphatic carbocycles. The molecule has 4 rings (SSSR count). The Bertz CT molecular complexity index is 1190. The summed E-state index contributed by atoms with van der Waals surface area (Å²) in [4.78, 5) is 37.7. The van der Waals surface area contributed by atoms with Gasteiger partial charge in [0.25, 0.3) is 5.91 Å². The molecule has 0 radical (unpaired) electrons. The third-order valence-corrected chi connectivity index (χ3v) is 7.71. The summed E-state index contributed by atoms with van der Waals surface area (Å²) in [5, 5.41) is 6.05. The lowest BCUT2D eigenvalue weighted by atomic mass is 9.80. The van der Waals surface area contributed by atoms with Gasteiger partial charge >= 0.3 is 6.18 Å². The number of hydrogen-bond acceptors (Lipinski definition) is 6. The number of alkyl halides is 3. The van der Waals surface area contributed by atoms with E-state index < -0.39 is 17.2 Å². The highest BCUT2D eigenvalue weighted by molar-refractivity contribution is 5.94. The maximum Gasteiger partial charge on any atom is 0.419 e. The molecule has 2 atom stereocenters. The average molecular weight is 561 g/mol. The van der Waals surface area contributed by atoms with Crippen LogP contribution in [-0.4, -0.2) is 70.9 Å². The van der Waals surface area contributed by atoms with Gasteiger partial charge in [0.15, 0.2) is 0 Å². The Morgan fingerprint density at radius 2 is 1.65 bits per heavy atom. The summed E-state index contributed by atoms with van der Waals surface area (Å²) in [5.74, 6) is -0.274. The molecule has 2 amide bonds. The highest BCUT2D eigenvalue weighted by Crippen LogP contribution is 2.35. The predicted octanol–water partition coefficient (Wildman–Crippen LogP) is 4.89. The molecule has 40 heavy (non-hydrogen) atoms. The molecule has 218 valence electrons. The number of piperazine rings is 1. The van der Waals surface area contributed by atoms with Crippen molar-refractivity contribution < 1.29 is 22.8 Å². The molecule has 0 bridgehead atoms. The van der Waals surface area contributed by atoms with Crippen molar-refractivity contribution >= 4 is 23.5 Å². The lowest BCUT2D eigenvalue weighted by Crippen LogP contribution is -2.47. The topological polar surface area (TPSA) is 90.5 Å². The van der Waals surface area contributed by atoms with Crippen LogP contribution in [0.15, 0.2) is 30.5 Å². The highest BCUT2D eigenvalue weighted by Gasteiger charge is 2.37. The number of nitrogens with zero attached hydrogens (tertiary/aromatic N) is 4. The zero-order valence-corrected chi connectivity index (χ0v) is 23.6. The number of hydrogen-bond donors (Lipinski definition) is 2. The number of carbonyl (C=O) groups is 2. The second-order valence-electron chi connectivity index (χ2n) is 11.9. The Hall–Kier alpha value is -3.21. The van der Waals surface area contributed by atoms with Crippen LogP contribution in [0.5, 0.6) is 0 Å². The molecule has 0 unspecified atom stereocenters. The van der Waals surface area contributed by atoms with Crippen LogP contribution in [0.1, 0.15) is 68.1 Å². The Labute approximate surface area is 233 Å². The van der Waals surface area contributed by atoms with Gasteiger partial charge in [-0.3, -0.25) is 9.59 Å². The van der Waals surface area contributed by atoms with E-state index >= 15 is 0 Å². The third kappa shape index (κ3) is 7.50. The molecule has 8 nitrogen and oxygen atoms in total. The largest absolute Gasteiger partial charge is 0.419 e. The van der Waals surface area contributed by atoms with Crippen LogP contribution in [0.2, 0.25) is 0 Å². The van der Waals surface area contributed by atoms with Gasteiger partial charge in [-0.2, -0.15) is 13.2 Å². The predicted molar refractivity (Wildman–Crippen MR) is 147 cm³/mol. The second-order valence-corrected chi connectivity index (χ2v) is 11.9. The van der Waals surface area contributed by atoms with Crippen LogP contribution in [0.25, 0.3) is 0 Å². The van der Waals surface area contributed by atoms with Gasteiger partial charge in [0.2, 0.25) is 11.9 Å². The fraction of sp³-hybridized carbons (Fsp3) is 0.586. The summed E-state index contributed by atoms with van der Waals surface area (Å²) in [6, 6.07) is 6.57. The number of amides is 2. The van der Waals surface area contributed by atoms with Gasteiger partial charge in [-0.05, 0) is 56.5 Å². The van der Waals surface area contributed by atoms with Crippen molar-refractivity contribution in [2.75, 3.05) is 38.5 Å².